The van der Waals surface area contributed by atoms with Crippen LogP contribution in [0.5, 0.6) is 11.5 Å². The largest absolute Gasteiger partial charge is 0.490 e. The monoisotopic (exact) mass is 927 g/mol. The number of rotatable bonds is 30. The average molecular weight is 927 g/mol. The molecule has 0 N–H and O–H groups in total. The van der Waals surface area contributed by atoms with E-state index in [0.717, 1.165) is 116 Å². The number of hydrogen-bond donors (Lipinski definition) is 0. The maximum Gasteiger partial charge on any atom is 0.265 e. The molecular formula is C58H74N2O4S2. The summed E-state index contributed by atoms with van der Waals surface area (Å²) in [6.45, 7) is 9.07. The van der Waals surface area contributed by atoms with Gasteiger partial charge in [0.05, 0.1) is 45.4 Å². The van der Waals surface area contributed by atoms with Gasteiger partial charge in [-0.25, -0.2) is 0 Å². The molecule has 0 saturated carbocycles. The third-order valence-corrected chi connectivity index (χ3v) is 15.9. The van der Waals surface area contributed by atoms with E-state index in [0.29, 0.717) is 11.1 Å². The molecule has 0 saturated heterocycles. The summed E-state index contributed by atoms with van der Waals surface area (Å²) >= 11 is 3.15. The first-order valence-corrected chi connectivity index (χ1v) is 27.9. The second-order valence-electron chi connectivity index (χ2n) is 19.1. The van der Waals surface area contributed by atoms with Crippen molar-refractivity contribution in [3.63, 3.8) is 0 Å². The Morgan fingerprint density at radius 1 is 0.455 bits per heavy atom. The van der Waals surface area contributed by atoms with Gasteiger partial charge in [-0.1, -0.05) is 143 Å². The number of pyridine rings is 2. The van der Waals surface area contributed by atoms with Crippen LogP contribution in [0.25, 0.3) is 64.5 Å². The van der Waals surface area contributed by atoms with Crippen molar-refractivity contribution < 1.29 is 9.47 Å². The molecule has 2 unspecified atom stereocenters. The highest BCUT2D eigenvalue weighted by molar-refractivity contribution is 7.14. The van der Waals surface area contributed by atoms with E-state index >= 15 is 9.59 Å². The number of aromatic nitrogens is 2. The number of nitrogens with zero attached hydrogens (tertiary/aromatic N) is 2. The molecule has 0 fully saturated rings. The summed E-state index contributed by atoms with van der Waals surface area (Å²) in [5.41, 5.74) is 4.31. The van der Waals surface area contributed by atoms with Crippen LogP contribution in [-0.2, 0) is 0 Å². The molecule has 0 bridgehead atoms. The topological polar surface area (TPSA) is 61.4 Å². The van der Waals surface area contributed by atoms with Crippen molar-refractivity contribution in [2.45, 2.75) is 194 Å². The van der Waals surface area contributed by atoms with Gasteiger partial charge < -0.3 is 9.47 Å². The van der Waals surface area contributed by atoms with Gasteiger partial charge in [0.1, 0.15) is 11.5 Å². The Morgan fingerprint density at radius 2 is 0.803 bits per heavy atom. The first-order valence-electron chi connectivity index (χ1n) is 26.1. The lowest BCUT2D eigenvalue weighted by Crippen LogP contribution is -2.19. The highest BCUT2D eigenvalue weighted by Gasteiger charge is 2.31. The van der Waals surface area contributed by atoms with Crippen LogP contribution in [-0.4, -0.2) is 21.0 Å². The van der Waals surface area contributed by atoms with Crippen LogP contribution in [0, 0.1) is 0 Å². The highest BCUT2D eigenvalue weighted by atomic mass is 32.1. The van der Waals surface area contributed by atoms with Crippen LogP contribution >= 0.6 is 22.7 Å². The van der Waals surface area contributed by atoms with Gasteiger partial charge >= 0.3 is 0 Å². The molecule has 0 aliphatic rings. The van der Waals surface area contributed by atoms with E-state index in [-0.39, 0.29) is 23.3 Å². The van der Waals surface area contributed by atoms with Crippen molar-refractivity contribution in [3.05, 3.63) is 92.1 Å². The zero-order chi connectivity index (χ0) is 45.8. The zero-order valence-electron chi connectivity index (χ0n) is 40.4. The molecule has 0 radical (unpaired) electrons. The highest BCUT2D eigenvalue weighted by Crippen LogP contribution is 2.46. The van der Waals surface area contributed by atoms with E-state index in [1.165, 1.54) is 103 Å². The molecule has 0 aliphatic carbocycles. The normalized spacial score (nSPS) is 13.1. The minimum Gasteiger partial charge on any atom is -0.490 e. The lowest BCUT2D eigenvalue weighted by Gasteiger charge is -2.20. The standard InChI is InChI=1S/C58H74N2O4S2/c1-5-9-13-17-19-23-29-41(27-21-15-11-7-3)63-43-33-35-45-47(39-43)59-55-51(45)53(49-31-25-37-65-49)58(62)60-48-40-44(64-42(28-22-16-12-8-4)30-24-20-18-14-10-6-2)34-36-46(48)52(56(55)60)54(57(59)61)50-32-26-38-66-50/h25-26,31-42H,5-24,27-30H2,1-4H3. The number of fused-ring (bicyclic) bond motifs is 6. The molecule has 2 aromatic carbocycles. The van der Waals surface area contributed by atoms with Gasteiger partial charge in [0.2, 0.25) is 0 Å². The minimum atomic E-state index is -0.0677. The summed E-state index contributed by atoms with van der Waals surface area (Å²) in [7, 11) is 0. The van der Waals surface area contributed by atoms with Crippen LogP contribution in [0.4, 0.5) is 0 Å². The van der Waals surface area contributed by atoms with Gasteiger partial charge in [0, 0.05) is 43.4 Å². The van der Waals surface area contributed by atoms with Gasteiger partial charge in [0.25, 0.3) is 11.1 Å². The molecule has 66 heavy (non-hydrogen) atoms. The summed E-state index contributed by atoms with van der Waals surface area (Å²) in [4.78, 5) is 32.9. The Balaban J connectivity index is 1.27. The van der Waals surface area contributed by atoms with Crippen molar-refractivity contribution in [2.24, 2.45) is 0 Å². The van der Waals surface area contributed by atoms with Crippen LogP contribution < -0.4 is 20.6 Å². The number of thiophene rings is 2. The second-order valence-corrected chi connectivity index (χ2v) is 21.0. The first kappa shape index (κ1) is 48.1. The summed E-state index contributed by atoms with van der Waals surface area (Å²) in [5, 5.41) is 7.55. The van der Waals surface area contributed by atoms with E-state index in [1.807, 2.05) is 43.8 Å². The smallest absolute Gasteiger partial charge is 0.265 e. The second kappa shape index (κ2) is 23.6. The number of hydrogen-bond acceptors (Lipinski definition) is 6. The minimum absolute atomic E-state index is 0.0677. The number of benzene rings is 2. The molecule has 8 heteroatoms. The molecule has 2 atom stereocenters. The SMILES string of the molecule is CCCCCCCCC(CCCCCC)Oc1ccc2c3c(-c4cccs4)c(=O)n4c5cc(OC(CCCCCC)CCCCCCCC)ccc5c5c(-c6cccs6)c(=O)n(c2c1)c3c54. The molecule has 0 aliphatic heterocycles. The third kappa shape index (κ3) is 10.5. The van der Waals surface area contributed by atoms with E-state index in [2.05, 4.69) is 64.1 Å². The Morgan fingerprint density at radius 3 is 1.15 bits per heavy atom. The molecule has 0 spiro atoms. The third-order valence-electron chi connectivity index (χ3n) is 14.1. The summed E-state index contributed by atoms with van der Waals surface area (Å²) < 4.78 is 17.7. The fraction of sp³-hybridized carbons (Fsp3) is 0.517. The first-order chi connectivity index (χ1) is 32.5. The van der Waals surface area contributed by atoms with Crippen LogP contribution in [0.3, 0.4) is 0 Å². The van der Waals surface area contributed by atoms with Crippen LogP contribution in [0.15, 0.2) is 81.0 Å². The van der Waals surface area contributed by atoms with Crippen molar-refractivity contribution in [3.8, 4) is 32.4 Å². The average Bonchev–Trinajstić information content (AvgIpc) is 4.16. The molecule has 6 aromatic heterocycles. The fourth-order valence-corrected chi connectivity index (χ4v) is 12.1. The fourth-order valence-electron chi connectivity index (χ4n) is 10.6. The maximum atomic E-state index is 15.6. The molecule has 352 valence electrons. The lowest BCUT2D eigenvalue weighted by molar-refractivity contribution is 0.172. The van der Waals surface area contributed by atoms with Gasteiger partial charge in [-0.05, 0) is 98.5 Å². The molecule has 6 nitrogen and oxygen atoms in total. The summed E-state index contributed by atoms with van der Waals surface area (Å²) in [6, 6.07) is 20.7. The molecule has 6 heterocycles. The summed E-state index contributed by atoms with van der Waals surface area (Å²) in [6.07, 6.45) is 29.1. The number of ether oxygens (including phenoxy) is 2. The maximum absolute atomic E-state index is 15.6. The zero-order valence-corrected chi connectivity index (χ0v) is 42.0. The van der Waals surface area contributed by atoms with Crippen molar-refractivity contribution >= 4 is 66.3 Å². The van der Waals surface area contributed by atoms with Gasteiger partial charge in [0.15, 0.2) is 0 Å². The Hall–Kier alpha value is -4.40. The van der Waals surface area contributed by atoms with E-state index in [4.69, 9.17) is 9.47 Å². The quantitative estimate of drug-likeness (QED) is 0.0422. The lowest BCUT2D eigenvalue weighted by atomic mass is 10.0. The van der Waals surface area contributed by atoms with Gasteiger partial charge in [-0.3, -0.25) is 18.4 Å². The Bertz CT molecular complexity index is 2640. The number of unbranched alkanes of at least 4 members (excludes halogenated alkanes) is 16. The Kier molecular flexibility index (Phi) is 17.2. The summed E-state index contributed by atoms with van der Waals surface area (Å²) in [5.74, 6) is 1.57. The molecule has 0 amide bonds. The van der Waals surface area contributed by atoms with Crippen molar-refractivity contribution in [2.75, 3.05) is 0 Å². The van der Waals surface area contributed by atoms with Gasteiger partial charge in [-0.15, -0.1) is 22.7 Å². The van der Waals surface area contributed by atoms with Crippen molar-refractivity contribution in [1.29, 1.82) is 0 Å². The van der Waals surface area contributed by atoms with E-state index in [1.54, 1.807) is 22.7 Å². The van der Waals surface area contributed by atoms with E-state index in [9.17, 15) is 0 Å². The predicted molar refractivity (Wildman–Crippen MR) is 285 cm³/mol. The van der Waals surface area contributed by atoms with Crippen molar-refractivity contribution in [1.82, 2.24) is 8.80 Å². The molecule has 8 rings (SSSR count). The predicted octanol–water partition coefficient (Wildman–Crippen LogP) is 17.6. The van der Waals surface area contributed by atoms with Crippen LogP contribution in [0.2, 0.25) is 0 Å². The molecule has 8 aromatic rings. The Labute approximate surface area is 401 Å². The molecular weight excluding hydrogens is 853 g/mol. The van der Waals surface area contributed by atoms with Crippen LogP contribution in [0.1, 0.15) is 182 Å². The van der Waals surface area contributed by atoms with E-state index < -0.39 is 0 Å². The van der Waals surface area contributed by atoms with Gasteiger partial charge in [-0.2, -0.15) is 0 Å².